The van der Waals surface area contributed by atoms with Crippen LogP contribution < -0.4 is 11.1 Å². The van der Waals surface area contributed by atoms with Crippen molar-refractivity contribution in [3.05, 3.63) is 23.8 Å². The minimum Gasteiger partial charge on any atom is -0.397 e. The smallest absolute Gasteiger partial charge is 0.228 e. The van der Waals surface area contributed by atoms with Gasteiger partial charge in [0.05, 0.1) is 11.4 Å². The first-order valence-corrected chi connectivity index (χ1v) is 7.01. The number of carbonyl (C=O) groups is 1. The van der Waals surface area contributed by atoms with Crippen molar-refractivity contribution in [1.82, 2.24) is 0 Å². The topological polar surface area (TPSA) is 64.3 Å². The molecule has 2 aliphatic heterocycles. The Morgan fingerprint density at radius 2 is 2.16 bits per heavy atom. The third-order valence-corrected chi connectivity index (χ3v) is 4.27. The van der Waals surface area contributed by atoms with Crippen LogP contribution in [0, 0.1) is 11.8 Å². The average Bonchev–Trinajstić information content (AvgIpc) is 2.68. The number of para-hydroxylation sites is 1. The Hall–Kier alpha value is -1.55. The van der Waals surface area contributed by atoms with Crippen molar-refractivity contribution in [3.63, 3.8) is 0 Å². The maximum Gasteiger partial charge on any atom is 0.228 e. The minimum absolute atomic E-state index is 0.0657. The standard InChI is InChI=1S/C15H20N2O2/c16-13-5-1-3-11-9-12(15(18)17-14(11)13)10-4-2-7-19-8-6-10/h1,3,5,10,12H,2,4,6-9,16H2,(H,17,18). The zero-order valence-electron chi connectivity index (χ0n) is 11.0. The molecular formula is C15H20N2O2. The van der Waals surface area contributed by atoms with Gasteiger partial charge >= 0.3 is 0 Å². The number of amides is 1. The molecule has 2 unspecified atom stereocenters. The Morgan fingerprint density at radius 3 is 3.05 bits per heavy atom. The first-order chi connectivity index (χ1) is 9.25. The second-order valence-electron chi connectivity index (χ2n) is 5.48. The maximum absolute atomic E-state index is 12.3. The fourth-order valence-corrected chi connectivity index (χ4v) is 3.20. The van der Waals surface area contributed by atoms with E-state index in [0.717, 1.165) is 50.1 Å². The van der Waals surface area contributed by atoms with Crippen LogP contribution >= 0.6 is 0 Å². The molecule has 1 fully saturated rings. The number of hydrogen-bond donors (Lipinski definition) is 2. The Balaban J connectivity index is 1.83. The highest BCUT2D eigenvalue weighted by molar-refractivity contribution is 5.99. The number of benzene rings is 1. The highest BCUT2D eigenvalue weighted by Crippen LogP contribution is 2.36. The van der Waals surface area contributed by atoms with Gasteiger partial charge in [0.1, 0.15) is 0 Å². The summed E-state index contributed by atoms with van der Waals surface area (Å²) in [5.41, 5.74) is 8.55. The first kappa shape index (κ1) is 12.5. The van der Waals surface area contributed by atoms with Crippen molar-refractivity contribution in [2.24, 2.45) is 11.8 Å². The van der Waals surface area contributed by atoms with Crippen molar-refractivity contribution in [3.8, 4) is 0 Å². The maximum atomic E-state index is 12.3. The van der Waals surface area contributed by atoms with Crippen LogP contribution in [-0.4, -0.2) is 19.1 Å². The summed E-state index contributed by atoms with van der Waals surface area (Å²) >= 11 is 0. The van der Waals surface area contributed by atoms with Gasteiger partial charge in [-0.1, -0.05) is 12.1 Å². The lowest BCUT2D eigenvalue weighted by molar-refractivity contribution is -0.122. The van der Waals surface area contributed by atoms with Crippen molar-refractivity contribution in [2.45, 2.75) is 25.7 Å². The van der Waals surface area contributed by atoms with Gasteiger partial charge in [-0.05, 0) is 43.2 Å². The molecule has 0 spiro atoms. The third kappa shape index (κ3) is 2.45. The summed E-state index contributed by atoms with van der Waals surface area (Å²) in [6.07, 6.45) is 3.92. The second-order valence-corrected chi connectivity index (χ2v) is 5.48. The molecule has 0 aromatic heterocycles. The first-order valence-electron chi connectivity index (χ1n) is 7.01. The van der Waals surface area contributed by atoms with E-state index in [9.17, 15) is 4.79 Å². The Morgan fingerprint density at radius 1 is 1.26 bits per heavy atom. The van der Waals surface area contributed by atoms with Crippen LogP contribution in [0.25, 0.3) is 0 Å². The van der Waals surface area contributed by atoms with Crippen LogP contribution in [-0.2, 0) is 16.0 Å². The van der Waals surface area contributed by atoms with E-state index in [1.165, 1.54) is 0 Å². The predicted octanol–water partition coefficient (Wildman–Crippen LogP) is 2.20. The van der Waals surface area contributed by atoms with Crippen molar-refractivity contribution < 1.29 is 9.53 Å². The number of nitrogens with two attached hydrogens (primary N) is 1. The molecule has 1 amide bonds. The number of ether oxygens (including phenoxy) is 1. The molecule has 2 heterocycles. The lowest BCUT2D eigenvalue weighted by Gasteiger charge is -2.30. The largest absolute Gasteiger partial charge is 0.397 e. The van der Waals surface area contributed by atoms with Gasteiger partial charge < -0.3 is 15.8 Å². The molecule has 0 saturated carbocycles. The zero-order valence-corrected chi connectivity index (χ0v) is 11.0. The van der Waals surface area contributed by atoms with Crippen LogP contribution in [0.2, 0.25) is 0 Å². The van der Waals surface area contributed by atoms with Crippen LogP contribution in [0.15, 0.2) is 18.2 Å². The fraction of sp³-hybridized carbons (Fsp3) is 0.533. The molecule has 3 rings (SSSR count). The monoisotopic (exact) mass is 260 g/mol. The van der Waals surface area contributed by atoms with Gasteiger partial charge in [-0.15, -0.1) is 0 Å². The van der Waals surface area contributed by atoms with Crippen LogP contribution in [0.4, 0.5) is 11.4 Å². The van der Waals surface area contributed by atoms with E-state index in [1.807, 2.05) is 12.1 Å². The molecular weight excluding hydrogens is 240 g/mol. The number of anilines is 2. The lowest BCUT2D eigenvalue weighted by atomic mass is 9.79. The van der Waals surface area contributed by atoms with E-state index in [0.29, 0.717) is 11.6 Å². The van der Waals surface area contributed by atoms with Crippen molar-refractivity contribution in [2.75, 3.05) is 24.3 Å². The summed E-state index contributed by atoms with van der Waals surface area (Å²) in [6.45, 7) is 1.60. The molecule has 4 heteroatoms. The molecule has 0 radical (unpaired) electrons. The van der Waals surface area contributed by atoms with Crippen molar-refractivity contribution >= 4 is 17.3 Å². The molecule has 3 N–H and O–H groups in total. The van der Waals surface area contributed by atoms with Gasteiger partial charge in [-0.25, -0.2) is 0 Å². The zero-order chi connectivity index (χ0) is 13.2. The minimum atomic E-state index is 0.0657. The summed E-state index contributed by atoms with van der Waals surface area (Å²) in [5.74, 6) is 0.616. The molecule has 1 saturated heterocycles. The number of fused-ring (bicyclic) bond motifs is 1. The Labute approximate surface area is 113 Å². The third-order valence-electron chi connectivity index (χ3n) is 4.27. The molecule has 2 aliphatic rings. The van der Waals surface area contributed by atoms with E-state index in [-0.39, 0.29) is 11.8 Å². The molecule has 2 atom stereocenters. The van der Waals surface area contributed by atoms with Gasteiger partial charge in [-0.3, -0.25) is 4.79 Å². The number of rotatable bonds is 1. The summed E-state index contributed by atoms with van der Waals surface area (Å²) in [4.78, 5) is 12.3. The highest BCUT2D eigenvalue weighted by Gasteiger charge is 2.33. The number of hydrogen-bond acceptors (Lipinski definition) is 3. The quantitative estimate of drug-likeness (QED) is 0.761. The Bertz CT molecular complexity index is 479. The van der Waals surface area contributed by atoms with E-state index in [1.54, 1.807) is 0 Å². The van der Waals surface area contributed by atoms with Gasteiger partial charge in [-0.2, -0.15) is 0 Å². The van der Waals surface area contributed by atoms with Gasteiger partial charge in [0.15, 0.2) is 0 Å². The predicted molar refractivity (Wildman–Crippen MR) is 74.8 cm³/mol. The van der Waals surface area contributed by atoms with Crippen LogP contribution in [0.5, 0.6) is 0 Å². The number of nitrogen functional groups attached to an aromatic ring is 1. The molecule has 4 nitrogen and oxygen atoms in total. The average molecular weight is 260 g/mol. The van der Waals surface area contributed by atoms with E-state index < -0.39 is 0 Å². The SMILES string of the molecule is Nc1cccc2c1NC(=O)C(C1CCCOCC1)C2. The van der Waals surface area contributed by atoms with E-state index >= 15 is 0 Å². The summed E-state index contributed by atoms with van der Waals surface area (Å²) < 4.78 is 5.49. The Kier molecular flexibility index (Phi) is 3.42. The molecule has 102 valence electrons. The number of carbonyl (C=O) groups excluding carboxylic acids is 1. The molecule has 0 aliphatic carbocycles. The molecule has 0 bridgehead atoms. The highest BCUT2D eigenvalue weighted by atomic mass is 16.5. The summed E-state index contributed by atoms with van der Waals surface area (Å²) in [6, 6.07) is 5.85. The molecule has 19 heavy (non-hydrogen) atoms. The molecule has 1 aromatic rings. The van der Waals surface area contributed by atoms with Gasteiger partial charge in [0, 0.05) is 19.1 Å². The summed E-state index contributed by atoms with van der Waals surface area (Å²) in [7, 11) is 0. The van der Waals surface area contributed by atoms with Crippen LogP contribution in [0.3, 0.4) is 0 Å². The van der Waals surface area contributed by atoms with Crippen molar-refractivity contribution in [1.29, 1.82) is 0 Å². The fourth-order valence-electron chi connectivity index (χ4n) is 3.20. The second kappa shape index (κ2) is 5.21. The lowest BCUT2D eigenvalue weighted by Crippen LogP contribution is -2.35. The number of nitrogens with one attached hydrogen (secondary N) is 1. The summed E-state index contributed by atoms with van der Waals surface area (Å²) in [5, 5.41) is 2.99. The van der Waals surface area contributed by atoms with Gasteiger partial charge in [0.2, 0.25) is 5.91 Å². The van der Waals surface area contributed by atoms with Gasteiger partial charge in [0.25, 0.3) is 0 Å². The molecule has 1 aromatic carbocycles. The van der Waals surface area contributed by atoms with E-state index in [4.69, 9.17) is 10.5 Å². The van der Waals surface area contributed by atoms with Crippen LogP contribution in [0.1, 0.15) is 24.8 Å². The normalized spacial score (nSPS) is 27.3. The van der Waals surface area contributed by atoms with E-state index in [2.05, 4.69) is 11.4 Å².